The lowest BCUT2D eigenvalue weighted by Crippen LogP contribution is -2.41. The fraction of sp³-hybridized carbons (Fsp3) is 1.00. The molecule has 7 heteroatoms. The molecular weight excluding hydrogens is 224 g/mol. The van der Waals surface area contributed by atoms with Gasteiger partial charge in [-0.15, -0.1) is 10.1 Å². The van der Waals surface area contributed by atoms with Crippen molar-refractivity contribution >= 4 is 0 Å². The van der Waals surface area contributed by atoms with Crippen molar-refractivity contribution in [3.05, 3.63) is 10.1 Å². The molecule has 2 N–H and O–H groups in total. The van der Waals surface area contributed by atoms with Crippen molar-refractivity contribution in [2.75, 3.05) is 26.2 Å². The summed E-state index contributed by atoms with van der Waals surface area (Å²) in [7, 11) is 0. The number of rotatable bonds is 11. The van der Waals surface area contributed by atoms with Crippen molar-refractivity contribution in [1.82, 2.24) is 10.1 Å². The standard InChI is InChI=1S/C10H24N4O3/c1-3-5-7-12(8-6-4-2)9-10-13(11)17-14(15)16/h3-11H2,1-2H3. The van der Waals surface area contributed by atoms with Crippen LogP contribution >= 0.6 is 0 Å². The van der Waals surface area contributed by atoms with Crippen molar-refractivity contribution in [2.24, 2.45) is 5.84 Å². The van der Waals surface area contributed by atoms with Gasteiger partial charge in [-0.3, -0.25) is 0 Å². The number of hydrogen-bond acceptors (Lipinski definition) is 6. The van der Waals surface area contributed by atoms with Gasteiger partial charge < -0.3 is 4.90 Å². The van der Waals surface area contributed by atoms with E-state index in [4.69, 9.17) is 5.84 Å². The van der Waals surface area contributed by atoms with Crippen molar-refractivity contribution in [3.63, 3.8) is 0 Å². The van der Waals surface area contributed by atoms with Crippen LogP contribution in [0.3, 0.4) is 0 Å². The topological polar surface area (TPSA) is 84.9 Å². The summed E-state index contributed by atoms with van der Waals surface area (Å²) in [6.45, 7) is 7.30. The molecular formula is C10H24N4O3. The van der Waals surface area contributed by atoms with Crippen LogP contribution in [0.2, 0.25) is 0 Å². The highest BCUT2D eigenvalue weighted by Gasteiger charge is 2.08. The SMILES string of the molecule is CCCCN(CCCC)CCN(N)O[N+](=O)[O-]. The fourth-order valence-corrected chi connectivity index (χ4v) is 1.47. The van der Waals surface area contributed by atoms with Crippen LogP contribution in [-0.4, -0.2) is 41.3 Å². The number of nitrogens with two attached hydrogens (primary N) is 1. The first-order chi connectivity index (χ1) is 8.10. The summed E-state index contributed by atoms with van der Waals surface area (Å²) in [5.74, 6) is 5.32. The summed E-state index contributed by atoms with van der Waals surface area (Å²) in [6, 6.07) is 0. The van der Waals surface area contributed by atoms with Gasteiger partial charge in [-0.25, -0.2) is 10.8 Å². The van der Waals surface area contributed by atoms with Gasteiger partial charge in [-0.05, 0) is 25.9 Å². The molecule has 17 heavy (non-hydrogen) atoms. The lowest BCUT2D eigenvalue weighted by atomic mass is 10.2. The Labute approximate surface area is 103 Å². The Morgan fingerprint density at radius 2 is 1.65 bits per heavy atom. The maximum absolute atomic E-state index is 10.0. The Kier molecular flexibility index (Phi) is 9.69. The number of unbranched alkanes of at least 4 members (excludes halogenated alkanes) is 2. The smallest absolute Gasteiger partial charge is 0.302 e. The van der Waals surface area contributed by atoms with Crippen LogP contribution in [0.5, 0.6) is 0 Å². The molecule has 0 aliphatic rings. The highest BCUT2D eigenvalue weighted by atomic mass is 17.0. The van der Waals surface area contributed by atoms with E-state index in [-0.39, 0.29) is 0 Å². The average molecular weight is 248 g/mol. The van der Waals surface area contributed by atoms with Crippen LogP contribution in [0.1, 0.15) is 39.5 Å². The molecule has 0 bridgehead atoms. The zero-order valence-electron chi connectivity index (χ0n) is 10.8. The first kappa shape index (κ1) is 16.1. The summed E-state index contributed by atoms with van der Waals surface area (Å²) in [5, 5.41) is 9.91. The van der Waals surface area contributed by atoms with Crippen molar-refractivity contribution in [1.29, 1.82) is 0 Å². The number of hydrazine groups is 1. The Bertz CT molecular complexity index is 196. The Balaban J connectivity index is 3.83. The second-order valence-corrected chi connectivity index (χ2v) is 3.99. The lowest BCUT2D eigenvalue weighted by molar-refractivity contribution is -0.811. The maximum Gasteiger partial charge on any atom is 0.313 e. The van der Waals surface area contributed by atoms with Crippen LogP contribution in [0.4, 0.5) is 0 Å². The minimum Gasteiger partial charge on any atom is -0.302 e. The average Bonchev–Trinajstić information content (AvgIpc) is 2.27. The molecule has 0 heterocycles. The molecule has 0 aromatic carbocycles. The minimum atomic E-state index is -0.900. The largest absolute Gasteiger partial charge is 0.313 e. The Hall–Kier alpha value is -0.920. The van der Waals surface area contributed by atoms with Crippen LogP contribution in [0.25, 0.3) is 0 Å². The van der Waals surface area contributed by atoms with E-state index >= 15 is 0 Å². The highest BCUT2D eigenvalue weighted by Crippen LogP contribution is 1.99. The van der Waals surface area contributed by atoms with E-state index in [0.29, 0.717) is 13.1 Å². The van der Waals surface area contributed by atoms with Crippen LogP contribution in [0, 0.1) is 10.1 Å². The Morgan fingerprint density at radius 1 is 1.12 bits per heavy atom. The van der Waals surface area contributed by atoms with E-state index in [1.807, 2.05) is 0 Å². The third-order valence-electron chi connectivity index (χ3n) is 2.46. The molecule has 0 fully saturated rings. The number of nitrogens with zero attached hydrogens (tertiary/aromatic N) is 3. The Morgan fingerprint density at radius 3 is 2.06 bits per heavy atom. The van der Waals surface area contributed by atoms with E-state index in [0.717, 1.165) is 43.9 Å². The summed E-state index contributed by atoms with van der Waals surface area (Å²) in [5.41, 5.74) is 0. The maximum atomic E-state index is 10.0. The molecule has 0 unspecified atom stereocenters. The predicted octanol–water partition coefficient (Wildman–Crippen LogP) is 1.19. The zero-order valence-corrected chi connectivity index (χ0v) is 10.8. The predicted molar refractivity (Wildman–Crippen MR) is 65.2 cm³/mol. The van der Waals surface area contributed by atoms with Gasteiger partial charge in [0.05, 0.1) is 6.54 Å². The summed E-state index contributed by atoms with van der Waals surface area (Å²) < 4.78 is 0. The van der Waals surface area contributed by atoms with Gasteiger partial charge >= 0.3 is 5.09 Å². The van der Waals surface area contributed by atoms with Gasteiger partial charge in [-0.2, -0.15) is 0 Å². The molecule has 0 saturated carbocycles. The van der Waals surface area contributed by atoms with E-state index in [2.05, 4.69) is 23.7 Å². The molecule has 0 amide bonds. The summed E-state index contributed by atoms with van der Waals surface area (Å²) >= 11 is 0. The third kappa shape index (κ3) is 9.98. The summed E-state index contributed by atoms with van der Waals surface area (Å²) in [4.78, 5) is 16.4. The van der Waals surface area contributed by atoms with Crippen molar-refractivity contribution < 1.29 is 10.0 Å². The number of hydroxylamine groups is 1. The van der Waals surface area contributed by atoms with Crippen molar-refractivity contribution in [2.45, 2.75) is 39.5 Å². The van der Waals surface area contributed by atoms with Gasteiger partial charge in [0.1, 0.15) is 0 Å². The lowest BCUT2D eigenvalue weighted by Gasteiger charge is -2.23. The molecule has 0 aliphatic heterocycles. The molecule has 0 aromatic heterocycles. The van der Waals surface area contributed by atoms with Gasteiger partial charge in [0.25, 0.3) is 0 Å². The van der Waals surface area contributed by atoms with Crippen LogP contribution in [-0.2, 0) is 4.94 Å². The van der Waals surface area contributed by atoms with Crippen LogP contribution < -0.4 is 5.84 Å². The molecule has 0 rings (SSSR count). The van der Waals surface area contributed by atoms with Gasteiger partial charge in [0, 0.05) is 6.54 Å². The molecule has 7 nitrogen and oxygen atoms in total. The van der Waals surface area contributed by atoms with Gasteiger partial charge in [0.15, 0.2) is 0 Å². The minimum absolute atomic E-state index is 0.328. The normalized spacial score (nSPS) is 11.1. The van der Waals surface area contributed by atoms with Crippen LogP contribution in [0.15, 0.2) is 0 Å². The molecule has 0 aromatic rings. The van der Waals surface area contributed by atoms with E-state index in [1.54, 1.807) is 0 Å². The monoisotopic (exact) mass is 248 g/mol. The summed E-state index contributed by atoms with van der Waals surface area (Å²) in [6.07, 6.45) is 4.54. The fourth-order valence-electron chi connectivity index (χ4n) is 1.47. The molecule has 0 saturated heterocycles. The van der Waals surface area contributed by atoms with Crippen molar-refractivity contribution in [3.8, 4) is 0 Å². The van der Waals surface area contributed by atoms with E-state index < -0.39 is 5.09 Å². The molecule has 0 atom stereocenters. The second kappa shape index (κ2) is 10.2. The third-order valence-corrected chi connectivity index (χ3v) is 2.46. The van der Waals surface area contributed by atoms with Gasteiger partial charge in [0.2, 0.25) is 0 Å². The molecule has 0 aliphatic carbocycles. The van der Waals surface area contributed by atoms with E-state index in [9.17, 15) is 10.1 Å². The van der Waals surface area contributed by atoms with E-state index in [1.165, 1.54) is 0 Å². The highest BCUT2D eigenvalue weighted by molar-refractivity contribution is 4.58. The molecule has 0 spiro atoms. The molecule has 102 valence electrons. The van der Waals surface area contributed by atoms with Gasteiger partial charge in [-0.1, -0.05) is 31.9 Å². The quantitative estimate of drug-likeness (QED) is 0.336. The first-order valence-electron chi connectivity index (χ1n) is 6.17. The molecule has 0 radical (unpaired) electrons. The first-order valence-corrected chi connectivity index (χ1v) is 6.17. The zero-order chi connectivity index (χ0) is 13.1. The second-order valence-electron chi connectivity index (χ2n) is 3.99. The number of hydrogen-bond donors (Lipinski definition) is 1.